The smallest absolute Gasteiger partial charge is 0.293 e. The largest absolute Gasteiger partial charge is 0.493 e. The summed E-state index contributed by atoms with van der Waals surface area (Å²) >= 11 is 7.31. The van der Waals surface area contributed by atoms with Crippen molar-refractivity contribution in [3.05, 3.63) is 75.7 Å². The molecule has 0 aromatic heterocycles. The van der Waals surface area contributed by atoms with Crippen LogP contribution in [0.5, 0.6) is 11.5 Å². The normalized spacial score (nSPS) is 15.3. The molecular formula is C25H22ClNO4S. The molecule has 4 rings (SSSR count). The Morgan fingerprint density at radius 1 is 1.06 bits per heavy atom. The molecule has 1 fully saturated rings. The number of ether oxygens (including phenoxy) is 2. The summed E-state index contributed by atoms with van der Waals surface area (Å²) in [6.07, 6.45) is 1.58. The Bertz CT molecular complexity index is 1240. The number of carbonyl (C=O) groups excluding carboxylic acids is 2. The maximum Gasteiger partial charge on any atom is 0.293 e. The number of carbonyl (C=O) groups is 2. The van der Waals surface area contributed by atoms with Gasteiger partial charge in [0.2, 0.25) is 0 Å². The Labute approximate surface area is 195 Å². The van der Waals surface area contributed by atoms with Crippen LogP contribution in [0.4, 0.5) is 4.79 Å². The highest BCUT2D eigenvalue weighted by molar-refractivity contribution is 8.18. The average Bonchev–Trinajstić information content (AvgIpc) is 3.02. The van der Waals surface area contributed by atoms with Gasteiger partial charge < -0.3 is 9.47 Å². The number of benzene rings is 3. The predicted octanol–water partition coefficient (Wildman–Crippen LogP) is 6.53. The van der Waals surface area contributed by atoms with E-state index in [0.29, 0.717) is 27.0 Å². The van der Waals surface area contributed by atoms with E-state index in [1.807, 2.05) is 56.3 Å². The number of hydrogen-bond acceptors (Lipinski definition) is 5. The molecule has 2 amide bonds. The van der Waals surface area contributed by atoms with Gasteiger partial charge in [0.1, 0.15) is 0 Å². The number of halogens is 1. The second-order valence-corrected chi connectivity index (χ2v) is 9.05. The van der Waals surface area contributed by atoms with Gasteiger partial charge in [-0.3, -0.25) is 14.5 Å². The fraction of sp³-hybridized carbons (Fsp3) is 0.200. The van der Waals surface area contributed by atoms with E-state index in [1.54, 1.807) is 18.2 Å². The first kappa shape index (κ1) is 22.2. The molecule has 164 valence electrons. The van der Waals surface area contributed by atoms with Crippen LogP contribution < -0.4 is 9.47 Å². The van der Waals surface area contributed by atoms with Crippen molar-refractivity contribution in [1.82, 2.24) is 4.90 Å². The quantitative estimate of drug-likeness (QED) is 0.386. The molecule has 0 atom stereocenters. The summed E-state index contributed by atoms with van der Waals surface area (Å²) in [6, 6.07) is 17.3. The molecule has 3 aromatic rings. The highest BCUT2D eigenvalue weighted by Crippen LogP contribution is 2.39. The van der Waals surface area contributed by atoms with E-state index in [1.165, 1.54) is 12.0 Å². The van der Waals surface area contributed by atoms with Crippen LogP contribution in [0, 0.1) is 0 Å². The van der Waals surface area contributed by atoms with Crippen LogP contribution in [-0.4, -0.2) is 29.3 Å². The fourth-order valence-corrected chi connectivity index (χ4v) is 4.58. The third-order valence-electron chi connectivity index (χ3n) is 4.93. The van der Waals surface area contributed by atoms with E-state index in [0.717, 1.165) is 28.1 Å². The van der Waals surface area contributed by atoms with E-state index in [-0.39, 0.29) is 23.8 Å². The van der Waals surface area contributed by atoms with Gasteiger partial charge in [0.15, 0.2) is 11.5 Å². The van der Waals surface area contributed by atoms with Gasteiger partial charge in [0.05, 0.1) is 29.7 Å². The number of methoxy groups -OCH3 is 1. The molecule has 7 heteroatoms. The van der Waals surface area contributed by atoms with Crippen molar-refractivity contribution in [2.45, 2.75) is 26.5 Å². The number of hydrogen-bond donors (Lipinski definition) is 0. The summed E-state index contributed by atoms with van der Waals surface area (Å²) in [7, 11) is 1.53. The summed E-state index contributed by atoms with van der Waals surface area (Å²) in [5.41, 5.74) is 1.55. The van der Waals surface area contributed by atoms with Crippen LogP contribution in [0.25, 0.3) is 16.8 Å². The zero-order valence-corrected chi connectivity index (χ0v) is 19.5. The zero-order chi connectivity index (χ0) is 22.8. The first-order valence-corrected chi connectivity index (χ1v) is 11.3. The standard InChI is InChI=1S/C25H22ClNO4S/c1-15(2)31-23-20(26)11-17(12-21(23)30-3)13-22-24(28)27(25(29)32-22)14-16-8-9-18-6-4-5-7-19(18)10-16/h4-13,15H,14H2,1-3H3/b22-13-. The summed E-state index contributed by atoms with van der Waals surface area (Å²) in [5.74, 6) is 0.587. The Kier molecular flexibility index (Phi) is 6.44. The molecule has 5 nitrogen and oxygen atoms in total. The SMILES string of the molecule is COc1cc(/C=C2\SC(=O)N(Cc3ccc4ccccc4c3)C2=O)cc(Cl)c1OC(C)C. The second-order valence-electron chi connectivity index (χ2n) is 7.65. The minimum Gasteiger partial charge on any atom is -0.493 e. The first-order valence-electron chi connectivity index (χ1n) is 10.1. The lowest BCUT2D eigenvalue weighted by Gasteiger charge is -2.15. The Morgan fingerprint density at radius 3 is 2.53 bits per heavy atom. The highest BCUT2D eigenvalue weighted by atomic mass is 35.5. The molecule has 32 heavy (non-hydrogen) atoms. The number of amides is 2. The number of fused-ring (bicyclic) bond motifs is 1. The van der Waals surface area contributed by atoms with Crippen molar-refractivity contribution in [3.63, 3.8) is 0 Å². The van der Waals surface area contributed by atoms with Crippen LogP contribution in [-0.2, 0) is 11.3 Å². The zero-order valence-electron chi connectivity index (χ0n) is 17.9. The lowest BCUT2D eigenvalue weighted by molar-refractivity contribution is -0.123. The molecule has 0 saturated carbocycles. The van der Waals surface area contributed by atoms with Crippen LogP contribution in [0.3, 0.4) is 0 Å². The fourth-order valence-electron chi connectivity index (χ4n) is 3.48. The molecule has 0 aliphatic carbocycles. The van der Waals surface area contributed by atoms with Crippen LogP contribution in [0.15, 0.2) is 59.5 Å². The van der Waals surface area contributed by atoms with Gasteiger partial charge in [-0.2, -0.15) is 0 Å². The maximum atomic E-state index is 13.0. The van der Waals surface area contributed by atoms with Crippen molar-refractivity contribution in [1.29, 1.82) is 0 Å². The van der Waals surface area contributed by atoms with Crippen molar-refractivity contribution < 1.29 is 19.1 Å². The molecule has 1 aliphatic rings. The lowest BCUT2D eigenvalue weighted by atomic mass is 10.1. The predicted molar refractivity (Wildman–Crippen MR) is 129 cm³/mol. The summed E-state index contributed by atoms with van der Waals surface area (Å²) in [6.45, 7) is 4.02. The molecule has 0 unspecified atom stereocenters. The third kappa shape index (κ3) is 4.61. The average molecular weight is 468 g/mol. The molecule has 0 spiro atoms. The van der Waals surface area contributed by atoms with Crippen LogP contribution >= 0.6 is 23.4 Å². The van der Waals surface area contributed by atoms with Crippen molar-refractivity contribution in [2.75, 3.05) is 7.11 Å². The minimum absolute atomic E-state index is 0.0705. The molecule has 0 radical (unpaired) electrons. The Balaban J connectivity index is 1.58. The van der Waals surface area contributed by atoms with Crippen molar-refractivity contribution in [3.8, 4) is 11.5 Å². The highest BCUT2D eigenvalue weighted by Gasteiger charge is 2.35. The number of imide groups is 1. The van der Waals surface area contributed by atoms with Crippen molar-refractivity contribution in [2.24, 2.45) is 0 Å². The van der Waals surface area contributed by atoms with Gasteiger partial charge in [-0.05, 0) is 71.8 Å². The molecule has 1 heterocycles. The molecule has 1 saturated heterocycles. The van der Waals surface area contributed by atoms with Gasteiger partial charge in [-0.15, -0.1) is 0 Å². The minimum atomic E-state index is -0.328. The first-order chi connectivity index (χ1) is 15.4. The number of thioether (sulfide) groups is 1. The molecule has 1 aliphatic heterocycles. The molecule has 3 aromatic carbocycles. The van der Waals surface area contributed by atoms with Crippen LogP contribution in [0.1, 0.15) is 25.0 Å². The van der Waals surface area contributed by atoms with E-state index in [9.17, 15) is 9.59 Å². The van der Waals surface area contributed by atoms with E-state index in [2.05, 4.69) is 0 Å². The summed E-state index contributed by atoms with van der Waals surface area (Å²) in [5, 5.41) is 2.26. The summed E-state index contributed by atoms with van der Waals surface area (Å²) in [4.78, 5) is 27.1. The maximum absolute atomic E-state index is 13.0. The van der Waals surface area contributed by atoms with Gasteiger partial charge in [0.25, 0.3) is 11.1 Å². The lowest BCUT2D eigenvalue weighted by Crippen LogP contribution is -2.27. The van der Waals surface area contributed by atoms with Gasteiger partial charge in [-0.25, -0.2) is 0 Å². The van der Waals surface area contributed by atoms with Gasteiger partial charge in [0, 0.05) is 0 Å². The Hall–Kier alpha value is -2.96. The third-order valence-corrected chi connectivity index (χ3v) is 6.12. The summed E-state index contributed by atoms with van der Waals surface area (Å²) < 4.78 is 11.1. The van der Waals surface area contributed by atoms with Crippen molar-refractivity contribution >= 4 is 51.4 Å². The number of nitrogens with zero attached hydrogens (tertiary/aromatic N) is 1. The van der Waals surface area contributed by atoms with Crippen LogP contribution in [0.2, 0.25) is 5.02 Å². The van der Waals surface area contributed by atoms with Gasteiger partial charge >= 0.3 is 0 Å². The van der Waals surface area contributed by atoms with E-state index in [4.69, 9.17) is 21.1 Å². The topological polar surface area (TPSA) is 55.8 Å². The second kappa shape index (κ2) is 9.27. The van der Waals surface area contributed by atoms with Gasteiger partial charge in [-0.1, -0.05) is 48.0 Å². The molecule has 0 bridgehead atoms. The van der Waals surface area contributed by atoms with E-state index >= 15 is 0 Å². The van der Waals surface area contributed by atoms with E-state index < -0.39 is 0 Å². The monoisotopic (exact) mass is 467 g/mol. The number of rotatable bonds is 6. The molecular weight excluding hydrogens is 446 g/mol. The Morgan fingerprint density at radius 2 is 1.81 bits per heavy atom. The molecule has 0 N–H and O–H groups in total.